The number of nitrogens with zero attached hydrogens (tertiary/aromatic N) is 3. The van der Waals surface area contributed by atoms with Crippen LogP contribution in [-0.2, 0) is 0 Å². The van der Waals surface area contributed by atoms with Gasteiger partial charge in [-0.25, -0.2) is 4.68 Å². The first-order chi connectivity index (χ1) is 10.2. The highest BCUT2D eigenvalue weighted by atomic mass is 35.5. The molecule has 5 nitrogen and oxygen atoms in total. The average molecular weight is 321 g/mol. The average Bonchev–Trinajstić information content (AvgIpc) is 2.90. The van der Waals surface area contributed by atoms with Crippen molar-refractivity contribution in [3.05, 3.63) is 47.8 Å². The molecular formula is C16H21ClN4O. The number of hydrogen-bond donors (Lipinski definition) is 1. The lowest BCUT2D eigenvalue weighted by atomic mass is 10.1. The minimum atomic E-state index is 0. The Morgan fingerprint density at radius 2 is 2.05 bits per heavy atom. The summed E-state index contributed by atoms with van der Waals surface area (Å²) in [6, 6.07) is 10.1. The molecule has 1 aromatic carbocycles. The number of aromatic nitrogens is 2. The van der Waals surface area contributed by atoms with Crippen LogP contribution >= 0.6 is 12.4 Å². The van der Waals surface area contributed by atoms with Gasteiger partial charge in [0.05, 0.1) is 23.1 Å². The normalized spacial score (nSPS) is 17.9. The standard InChI is InChI=1S/C16H20N4O.ClH/c1-12-10-17-8-9-19(12)16(21)15-11-18-20(13(15)2)14-6-4-3-5-7-14;/h3-7,11-12,17H,8-10H2,1-2H3;1H/t12-;/m1./s1. The van der Waals surface area contributed by atoms with E-state index in [2.05, 4.69) is 17.3 Å². The smallest absolute Gasteiger partial charge is 0.257 e. The van der Waals surface area contributed by atoms with Crippen molar-refractivity contribution >= 4 is 18.3 Å². The zero-order valence-electron chi connectivity index (χ0n) is 12.8. The minimum Gasteiger partial charge on any atom is -0.333 e. The largest absolute Gasteiger partial charge is 0.333 e. The summed E-state index contributed by atoms with van der Waals surface area (Å²) in [6.45, 7) is 6.45. The van der Waals surface area contributed by atoms with E-state index in [0.29, 0.717) is 5.56 Å². The molecule has 1 N–H and O–H groups in total. The second kappa shape index (κ2) is 6.94. The maximum Gasteiger partial charge on any atom is 0.257 e. The fourth-order valence-corrected chi connectivity index (χ4v) is 2.75. The van der Waals surface area contributed by atoms with Gasteiger partial charge < -0.3 is 10.2 Å². The molecular weight excluding hydrogens is 300 g/mol. The van der Waals surface area contributed by atoms with Crippen LogP contribution < -0.4 is 5.32 Å². The van der Waals surface area contributed by atoms with Gasteiger partial charge in [-0.1, -0.05) is 18.2 Å². The Labute approximate surface area is 136 Å². The van der Waals surface area contributed by atoms with Crippen LogP contribution in [0.1, 0.15) is 23.0 Å². The highest BCUT2D eigenvalue weighted by molar-refractivity contribution is 5.95. The monoisotopic (exact) mass is 320 g/mol. The molecule has 1 fully saturated rings. The Hall–Kier alpha value is -1.85. The van der Waals surface area contributed by atoms with E-state index in [4.69, 9.17) is 0 Å². The molecule has 6 heteroatoms. The molecule has 0 unspecified atom stereocenters. The molecule has 1 atom stereocenters. The minimum absolute atomic E-state index is 0. The van der Waals surface area contributed by atoms with Crippen molar-refractivity contribution in [2.45, 2.75) is 19.9 Å². The molecule has 1 amide bonds. The Morgan fingerprint density at radius 1 is 1.32 bits per heavy atom. The molecule has 118 valence electrons. The van der Waals surface area contributed by atoms with Gasteiger partial charge in [0, 0.05) is 25.7 Å². The van der Waals surface area contributed by atoms with Gasteiger partial charge in [-0.05, 0) is 26.0 Å². The Morgan fingerprint density at radius 3 is 2.73 bits per heavy atom. The van der Waals surface area contributed by atoms with Crippen molar-refractivity contribution in [2.75, 3.05) is 19.6 Å². The molecule has 0 spiro atoms. The number of halogens is 1. The zero-order chi connectivity index (χ0) is 14.8. The highest BCUT2D eigenvalue weighted by Gasteiger charge is 2.26. The number of amides is 1. The number of nitrogens with one attached hydrogen (secondary N) is 1. The maximum atomic E-state index is 12.7. The lowest BCUT2D eigenvalue weighted by Crippen LogP contribution is -2.52. The SMILES string of the molecule is Cc1c(C(=O)N2CCNC[C@H]2C)cnn1-c1ccccc1.Cl. The molecule has 0 bridgehead atoms. The second-order valence-electron chi connectivity index (χ2n) is 5.44. The summed E-state index contributed by atoms with van der Waals surface area (Å²) in [4.78, 5) is 14.6. The molecule has 0 aliphatic carbocycles. The number of carbonyl (C=O) groups excluding carboxylic acids is 1. The second-order valence-corrected chi connectivity index (χ2v) is 5.44. The topological polar surface area (TPSA) is 50.2 Å². The van der Waals surface area contributed by atoms with Crippen LogP contribution in [-0.4, -0.2) is 46.3 Å². The van der Waals surface area contributed by atoms with Gasteiger partial charge in [0.25, 0.3) is 5.91 Å². The predicted molar refractivity (Wildman–Crippen MR) is 88.9 cm³/mol. The first-order valence-corrected chi connectivity index (χ1v) is 7.30. The van der Waals surface area contributed by atoms with Gasteiger partial charge in [0.1, 0.15) is 0 Å². The van der Waals surface area contributed by atoms with Gasteiger partial charge >= 0.3 is 0 Å². The highest BCUT2D eigenvalue weighted by Crippen LogP contribution is 2.17. The Balaban J connectivity index is 0.00000176. The van der Waals surface area contributed by atoms with Crippen molar-refractivity contribution < 1.29 is 4.79 Å². The lowest BCUT2D eigenvalue weighted by Gasteiger charge is -2.33. The van der Waals surface area contributed by atoms with Crippen LogP contribution in [0.25, 0.3) is 5.69 Å². The summed E-state index contributed by atoms with van der Waals surface area (Å²) in [5, 5.41) is 7.68. The number of benzene rings is 1. The molecule has 1 aliphatic heterocycles. The van der Waals surface area contributed by atoms with Gasteiger partial charge in [-0.3, -0.25) is 4.79 Å². The van der Waals surface area contributed by atoms with E-state index in [1.807, 2.05) is 46.8 Å². The van der Waals surface area contributed by atoms with Gasteiger partial charge in [0.15, 0.2) is 0 Å². The fourth-order valence-electron chi connectivity index (χ4n) is 2.75. The third kappa shape index (κ3) is 3.00. The van der Waals surface area contributed by atoms with Crippen LogP contribution in [0.15, 0.2) is 36.5 Å². The van der Waals surface area contributed by atoms with E-state index in [1.54, 1.807) is 6.20 Å². The zero-order valence-corrected chi connectivity index (χ0v) is 13.6. The van der Waals surface area contributed by atoms with E-state index < -0.39 is 0 Å². The third-order valence-electron chi connectivity index (χ3n) is 4.00. The van der Waals surface area contributed by atoms with Crippen molar-refractivity contribution in [1.82, 2.24) is 20.0 Å². The molecule has 0 saturated carbocycles. The summed E-state index contributed by atoms with van der Waals surface area (Å²) in [6.07, 6.45) is 1.68. The van der Waals surface area contributed by atoms with E-state index >= 15 is 0 Å². The van der Waals surface area contributed by atoms with Gasteiger partial charge in [-0.2, -0.15) is 5.10 Å². The van der Waals surface area contributed by atoms with Gasteiger partial charge in [-0.15, -0.1) is 12.4 Å². The molecule has 22 heavy (non-hydrogen) atoms. The maximum absolute atomic E-state index is 12.7. The lowest BCUT2D eigenvalue weighted by molar-refractivity contribution is 0.0655. The van der Waals surface area contributed by atoms with Crippen LogP contribution in [0.3, 0.4) is 0 Å². The summed E-state index contributed by atoms with van der Waals surface area (Å²) >= 11 is 0. The van der Waals surface area contributed by atoms with Crippen LogP contribution in [0, 0.1) is 6.92 Å². The van der Waals surface area contributed by atoms with E-state index in [1.165, 1.54) is 0 Å². The molecule has 1 saturated heterocycles. The number of para-hydroxylation sites is 1. The van der Waals surface area contributed by atoms with E-state index in [0.717, 1.165) is 31.0 Å². The number of rotatable bonds is 2. The number of carbonyl (C=O) groups is 1. The first-order valence-electron chi connectivity index (χ1n) is 7.30. The van der Waals surface area contributed by atoms with Crippen molar-refractivity contribution in [1.29, 1.82) is 0 Å². The summed E-state index contributed by atoms with van der Waals surface area (Å²) in [5.41, 5.74) is 2.55. The molecule has 2 heterocycles. The van der Waals surface area contributed by atoms with E-state index in [9.17, 15) is 4.79 Å². The summed E-state index contributed by atoms with van der Waals surface area (Å²) in [7, 11) is 0. The van der Waals surface area contributed by atoms with Crippen LogP contribution in [0.5, 0.6) is 0 Å². The van der Waals surface area contributed by atoms with Crippen molar-refractivity contribution in [3.8, 4) is 5.69 Å². The van der Waals surface area contributed by atoms with Crippen molar-refractivity contribution in [3.63, 3.8) is 0 Å². The predicted octanol–water partition coefficient (Wildman–Crippen LogP) is 2.04. The Kier molecular flexibility index (Phi) is 5.21. The molecule has 1 aromatic heterocycles. The fraction of sp³-hybridized carbons (Fsp3) is 0.375. The van der Waals surface area contributed by atoms with Crippen LogP contribution in [0.4, 0.5) is 0 Å². The van der Waals surface area contributed by atoms with Crippen LogP contribution in [0.2, 0.25) is 0 Å². The molecule has 1 aliphatic rings. The number of piperazine rings is 1. The molecule has 3 rings (SSSR count). The van der Waals surface area contributed by atoms with Gasteiger partial charge in [0.2, 0.25) is 0 Å². The quantitative estimate of drug-likeness (QED) is 0.921. The first kappa shape index (κ1) is 16.5. The van der Waals surface area contributed by atoms with Crippen molar-refractivity contribution in [2.24, 2.45) is 0 Å². The third-order valence-corrected chi connectivity index (χ3v) is 4.00. The molecule has 2 aromatic rings. The summed E-state index contributed by atoms with van der Waals surface area (Å²) < 4.78 is 1.82. The van der Waals surface area contributed by atoms with E-state index in [-0.39, 0.29) is 24.4 Å². The Bertz CT molecular complexity index is 641. The molecule has 0 radical (unpaired) electrons. The summed E-state index contributed by atoms with van der Waals surface area (Å²) in [5.74, 6) is 0.0729. The number of hydrogen-bond acceptors (Lipinski definition) is 3.